The van der Waals surface area contributed by atoms with E-state index in [0.29, 0.717) is 0 Å². The number of methoxy groups -OCH3 is 1. The first-order valence-corrected chi connectivity index (χ1v) is 9.86. The highest BCUT2D eigenvalue weighted by atomic mass is 127. The summed E-state index contributed by atoms with van der Waals surface area (Å²) >= 11 is 2.34. The van der Waals surface area contributed by atoms with Crippen molar-refractivity contribution >= 4 is 32.7 Å². The molecule has 0 unspecified atom stereocenters. The standard InChI is InChI=1S/C13H11IO.C6H6O3S/c1-15-13-9-5-3-7-11(13)10-6-2-4-8-12(10)14;7-10(8,9)6-4-2-1-3-5-6/h2-9H,1H3;1-5H,(H,7,8,9). The molecule has 0 aliphatic rings. The molecule has 0 atom stereocenters. The number of benzene rings is 3. The highest BCUT2D eigenvalue weighted by Gasteiger charge is 2.07. The molecule has 0 aromatic heterocycles. The zero-order valence-corrected chi connectivity index (χ0v) is 16.4. The lowest BCUT2D eigenvalue weighted by Crippen LogP contribution is -1.96. The van der Waals surface area contributed by atoms with Gasteiger partial charge in [-0.15, -0.1) is 0 Å². The Morgan fingerprint density at radius 3 is 1.84 bits per heavy atom. The van der Waals surface area contributed by atoms with Gasteiger partial charge < -0.3 is 4.74 Å². The molecule has 0 saturated carbocycles. The lowest BCUT2D eigenvalue weighted by Gasteiger charge is -2.09. The first-order chi connectivity index (χ1) is 11.9. The van der Waals surface area contributed by atoms with Gasteiger partial charge in [0, 0.05) is 9.13 Å². The smallest absolute Gasteiger partial charge is 0.294 e. The third kappa shape index (κ3) is 5.55. The number of hydrogen-bond donors (Lipinski definition) is 1. The number of hydrogen-bond acceptors (Lipinski definition) is 3. The minimum absolute atomic E-state index is 0.0741. The van der Waals surface area contributed by atoms with E-state index in [1.54, 1.807) is 25.3 Å². The van der Waals surface area contributed by atoms with Crippen LogP contribution in [-0.2, 0) is 10.1 Å². The number of rotatable bonds is 3. The predicted octanol–water partition coefficient (Wildman–Crippen LogP) is 4.90. The van der Waals surface area contributed by atoms with Gasteiger partial charge in [0.1, 0.15) is 5.75 Å². The summed E-state index contributed by atoms with van der Waals surface area (Å²) in [4.78, 5) is -0.0741. The van der Waals surface area contributed by atoms with Gasteiger partial charge in [0.25, 0.3) is 10.1 Å². The fraction of sp³-hybridized carbons (Fsp3) is 0.0526. The zero-order chi connectivity index (χ0) is 18.3. The molecule has 0 aliphatic heterocycles. The van der Waals surface area contributed by atoms with Crippen LogP contribution in [0, 0.1) is 3.57 Å². The summed E-state index contributed by atoms with van der Waals surface area (Å²) in [7, 11) is -2.30. The van der Waals surface area contributed by atoms with Crippen LogP contribution in [0.5, 0.6) is 5.75 Å². The summed E-state index contributed by atoms with van der Waals surface area (Å²) in [5.41, 5.74) is 2.36. The Bertz CT molecular complexity index is 925. The van der Waals surface area contributed by atoms with Crippen molar-refractivity contribution in [2.75, 3.05) is 7.11 Å². The Morgan fingerprint density at radius 2 is 1.32 bits per heavy atom. The van der Waals surface area contributed by atoms with Crippen LogP contribution in [0.15, 0.2) is 83.8 Å². The SMILES string of the molecule is COc1ccccc1-c1ccccc1I.O=S(=O)(O)c1ccccc1. The first kappa shape index (κ1) is 19.4. The van der Waals surface area contributed by atoms with Crippen LogP contribution in [0.2, 0.25) is 0 Å². The molecule has 4 nitrogen and oxygen atoms in total. The van der Waals surface area contributed by atoms with Crippen molar-refractivity contribution in [2.45, 2.75) is 4.90 Å². The van der Waals surface area contributed by atoms with Gasteiger partial charge in [0.05, 0.1) is 12.0 Å². The average molecular weight is 468 g/mol. The fourth-order valence-corrected chi connectivity index (χ4v) is 3.32. The Balaban J connectivity index is 0.000000196. The van der Waals surface area contributed by atoms with E-state index in [1.165, 1.54) is 21.3 Å². The van der Waals surface area contributed by atoms with E-state index in [0.717, 1.165) is 11.3 Å². The topological polar surface area (TPSA) is 63.6 Å². The maximum atomic E-state index is 10.4. The molecule has 3 aromatic carbocycles. The Hall–Kier alpha value is -1.90. The van der Waals surface area contributed by atoms with E-state index in [9.17, 15) is 8.42 Å². The first-order valence-electron chi connectivity index (χ1n) is 7.34. The second kappa shape index (κ2) is 8.98. The summed E-state index contributed by atoms with van der Waals surface area (Å²) in [5.74, 6) is 0.918. The quantitative estimate of drug-likeness (QED) is 0.439. The van der Waals surface area contributed by atoms with Crippen molar-refractivity contribution in [1.29, 1.82) is 0 Å². The van der Waals surface area contributed by atoms with Crippen LogP contribution in [0.4, 0.5) is 0 Å². The molecule has 6 heteroatoms. The molecule has 0 saturated heterocycles. The predicted molar refractivity (Wildman–Crippen MR) is 107 cm³/mol. The van der Waals surface area contributed by atoms with E-state index in [-0.39, 0.29) is 4.90 Å². The second-order valence-electron chi connectivity index (χ2n) is 4.97. The molecule has 0 radical (unpaired) electrons. The van der Waals surface area contributed by atoms with Crippen LogP contribution in [0.1, 0.15) is 0 Å². The molecule has 3 aromatic rings. The van der Waals surface area contributed by atoms with Gasteiger partial charge in [0.2, 0.25) is 0 Å². The fourth-order valence-electron chi connectivity index (χ4n) is 2.14. The summed E-state index contributed by atoms with van der Waals surface area (Å²) in [5, 5.41) is 0. The van der Waals surface area contributed by atoms with Gasteiger partial charge in [-0.3, -0.25) is 4.55 Å². The van der Waals surface area contributed by atoms with Gasteiger partial charge in [-0.05, 0) is 52.4 Å². The largest absolute Gasteiger partial charge is 0.496 e. The van der Waals surface area contributed by atoms with Crippen molar-refractivity contribution in [3.63, 3.8) is 0 Å². The number of halogens is 1. The summed E-state index contributed by atoms with van der Waals surface area (Å²) in [6.07, 6.45) is 0. The molecule has 1 N–H and O–H groups in total. The Kier molecular flexibility index (Phi) is 6.98. The highest BCUT2D eigenvalue weighted by molar-refractivity contribution is 14.1. The highest BCUT2D eigenvalue weighted by Crippen LogP contribution is 2.32. The van der Waals surface area contributed by atoms with E-state index in [2.05, 4.69) is 40.8 Å². The van der Waals surface area contributed by atoms with E-state index in [1.807, 2.05) is 30.3 Å². The zero-order valence-electron chi connectivity index (χ0n) is 13.5. The molecule has 0 bridgehead atoms. The van der Waals surface area contributed by atoms with Gasteiger partial charge in [-0.2, -0.15) is 8.42 Å². The van der Waals surface area contributed by atoms with Crippen LogP contribution >= 0.6 is 22.6 Å². The Labute approximate surface area is 161 Å². The molecule has 3 rings (SSSR count). The summed E-state index contributed by atoms with van der Waals surface area (Å²) < 4.78 is 35.8. The molecule has 0 spiro atoms. The number of para-hydroxylation sites is 1. The lowest BCUT2D eigenvalue weighted by molar-refractivity contribution is 0.416. The van der Waals surface area contributed by atoms with E-state index in [4.69, 9.17) is 9.29 Å². The maximum Gasteiger partial charge on any atom is 0.294 e. The van der Waals surface area contributed by atoms with Crippen LogP contribution in [0.25, 0.3) is 11.1 Å². The minimum Gasteiger partial charge on any atom is -0.496 e. The third-order valence-electron chi connectivity index (χ3n) is 3.31. The molecule has 25 heavy (non-hydrogen) atoms. The normalized spacial score (nSPS) is 10.5. The summed E-state index contributed by atoms with van der Waals surface area (Å²) in [6.45, 7) is 0. The van der Waals surface area contributed by atoms with E-state index < -0.39 is 10.1 Å². The second-order valence-corrected chi connectivity index (χ2v) is 7.55. The monoisotopic (exact) mass is 468 g/mol. The molecule has 0 heterocycles. The van der Waals surface area contributed by atoms with Crippen molar-refractivity contribution in [2.24, 2.45) is 0 Å². The minimum atomic E-state index is -4.00. The molecular weight excluding hydrogens is 451 g/mol. The average Bonchev–Trinajstić information content (AvgIpc) is 2.63. The van der Waals surface area contributed by atoms with E-state index >= 15 is 0 Å². The van der Waals surface area contributed by atoms with Gasteiger partial charge in [0.15, 0.2) is 0 Å². The molecule has 0 fully saturated rings. The van der Waals surface area contributed by atoms with Crippen molar-refractivity contribution in [1.82, 2.24) is 0 Å². The number of ether oxygens (including phenoxy) is 1. The van der Waals surface area contributed by atoms with Gasteiger partial charge >= 0.3 is 0 Å². The molecule has 0 amide bonds. The third-order valence-corrected chi connectivity index (χ3v) is 5.12. The van der Waals surface area contributed by atoms with Gasteiger partial charge in [-0.25, -0.2) is 0 Å². The Morgan fingerprint density at radius 1 is 0.800 bits per heavy atom. The van der Waals surface area contributed by atoms with Crippen molar-refractivity contribution in [3.8, 4) is 16.9 Å². The van der Waals surface area contributed by atoms with Crippen molar-refractivity contribution < 1.29 is 17.7 Å². The van der Waals surface area contributed by atoms with Crippen molar-refractivity contribution in [3.05, 3.63) is 82.4 Å². The van der Waals surface area contributed by atoms with Gasteiger partial charge in [-0.1, -0.05) is 54.6 Å². The van der Waals surface area contributed by atoms with Crippen LogP contribution in [0.3, 0.4) is 0 Å². The van der Waals surface area contributed by atoms with Crippen LogP contribution < -0.4 is 4.74 Å². The molecular formula is C19H17IO4S. The molecule has 0 aliphatic carbocycles. The maximum absolute atomic E-state index is 10.4. The summed E-state index contributed by atoms with van der Waals surface area (Å²) in [6, 6.07) is 23.8. The lowest BCUT2D eigenvalue weighted by atomic mass is 10.1. The van der Waals surface area contributed by atoms with Crippen LogP contribution in [-0.4, -0.2) is 20.1 Å². The molecule has 130 valence electrons.